The van der Waals surface area contributed by atoms with E-state index in [0.29, 0.717) is 5.92 Å². The third kappa shape index (κ3) is 1.73. The molecule has 1 heterocycles. The third-order valence-electron chi connectivity index (χ3n) is 3.76. The fourth-order valence-electron chi connectivity index (χ4n) is 2.73. The van der Waals surface area contributed by atoms with Crippen molar-refractivity contribution < 1.29 is 5.11 Å². The van der Waals surface area contributed by atoms with Crippen molar-refractivity contribution in [2.24, 2.45) is 11.7 Å². The molecule has 0 radical (unpaired) electrons. The van der Waals surface area contributed by atoms with E-state index in [0.717, 1.165) is 12.8 Å². The van der Waals surface area contributed by atoms with Crippen LogP contribution in [-0.2, 0) is 0 Å². The number of aliphatic hydroxyl groups excluding tert-OH is 1. The lowest BCUT2D eigenvalue weighted by Gasteiger charge is -2.50. The number of hydrogen-bond acceptors (Lipinski definition) is 3. The molecule has 0 bridgehead atoms. The summed E-state index contributed by atoms with van der Waals surface area (Å²) in [6.07, 6.45) is 3.94. The summed E-state index contributed by atoms with van der Waals surface area (Å²) in [5.74, 6) is 0.645. The number of aliphatic hydroxyl groups is 1. The van der Waals surface area contributed by atoms with Crippen molar-refractivity contribution in [2.45, 2.75) is 37.3 Å². The molecule has 2 fully saturated rings. The van der Waals surface area contributed by atoms with Crippen molar-refractivity contribution in [3.05, 3.63) is 0 Å². The van der Waals surface area contributed by atoms with Crippen LogP contribution in [0.4, 0.5) is 0 Å². The van der Waals surface area contributed by atoms with E-state index >= 15 is 0 Å². The molecular weight excluding hydrogens is 164 g/mol. The monoisotopic (exact) mass is 184 g/mol. The predicted molar refractivity (Wildman–Crippen MR) is 52.4 cm³/mol. The van der Waals surface area contributed by atoms with E-state index in [1.165, 1.54) is 25.9 Å². The molecule has 0 unspecified atom stereocenters. The highest BCUT2D eigenvalue weighted by molar-refractivity contribution is 5.04. The second-order valence-corrected chi connectivity index (χ2v) is 4.87. The van der Waals surface area contributed by atoms with E-state index in [1.54, 1.807) is 0 Å². The summed E-state index contributed by atoms with van der Waals surface area (Å²) in [5.41, 5.74) is 6.21. The van der Waals surface area contributed by atoms with Crippen molar-refractivity contribution in [3.8, 4) is 0 Å². The zero-order valence-corrected chi connectivity index (χ0v) is 8.37. The summed E-state index contributed by atoms with van der Waals surface area (Å²) >= 11 is 0. The van der Waals surface area contributed by atoms with Gasteiger partial charge in [0.05, 0.1) is 6.10 Å². The van der Waals surface area contributed by atoms with Crippen LogP contribution in [0.3, 0.4) is 0 Å². The van der Waals surface area contributed by atoms with Gasteiger partial charge in [-0.3, -0.25) is 0 Å². The van der Waals surface area contributed by atoms with Gasteiger partial charge in [-0.2, -0.15) is 0 Å². The van der Waals surface area contributed by atoms with E-state index in [2.05, 4.69) is 11.9 Å². The molecule has 1 saturated heterocycles. The molecule has 13 heavy (non-hydrogen) atoms. The number of piperidine rings is 1. The average molecular weight is 184 g/mol. The van der Waals surface area contributed by atoms with Crippen LogP contribution < -0.4 is 5.73 Å². The second-order valence-electron chi connectivity index (χ2n) is 4.87. The van der Waals surface area contributed by atoms with Gasteiger partial charge in [0, 0.05) is 5.54 Å². The highest BCUT2D eigenvalue weighted by Gasteiger charge is 2.46. The molecule has 0 aromatic carbocycles. The minimum atomic E-state index is -0.121. The van der Waals surface area contributed by atoms with Crippen LogP contribution in [0.25, 0.3) is 0 Å². The van der Waals surface area contributed by atoms with E-state index in [-0.39, 0.29) is 11.6 Å². The Hall–Kier alpha value is -0.120. The van der Waals surface area contributed by atoms with Gasteiger partial charge in [-0.25, -0.2) is 0 Å². The molecule has 2 aliphatic rings. The first-order chi connectivity index (χ1) is 6.10. The minimum absolute atomic E-state index is 0.0271. The Bertz CT molecular complexity index is 181. The molecule has 0 aromatic heterocycles. The SMILES string of the molecule is CN1CCC(C2(N)CC(O)C2)CC1. The quantitative estimate of drug-likeness (QED) is 0.611. The highest BCUT2D eigenvalue weighted by atomic mass is 16.3. The molecule has 3 N–H and O–H groups in total. The molecule has 1 saturated carbocycles. The molecule has 1 aliphatic carbocycles. The molecule has 76 valence electrons. The van der Waals surface area contributed by atoms with Gasteiger partial charge in [0.15, 0.2) is 0 Å². The van der Waals surface area contributed by atoms with E-state index in [9.17, 15) is 5.11 Å². The molecule has 3 nitrogen and oxygen atoms in total. The van der Waals surface area contributed by atoms with Crippen LogP contribution in [0.15, 0.2) is 0 Å². The van der Waals surface area contributed by atoms with Gasteiger partial charge in [0.25, 0.3) is 0 Å². The van der Waals surface area contributed by atoms with Crippen LogP contribution >= 0.6 is 0 Å². The molecule has 2 rings (SSSR count). The van der Waals surface area contributed by atoms with Crippen LogP contribution in [-0.4, -0.2) is 41.8 Å². The van der Waals surface area contributed by atoms with E-state index in [1.807, 2.05) is 0 Å². The summed E-state index contributed by atoms with van der Waals surface area (Å²) in [7, 11) is 2.16. The summed E-state index contributed by atoms with van der Waals surface area (Å²) < 4.78 is 0. The van der Waals surface area contributed by atoms with Gasteiger partial charge in [-0.05, 0) is 51.7 Å². The molecule has 3 heteroatoms. The van der Waals surface area contributed by atoms with E-state index < -0.39 is 0 Å². The zero-order chi connectivity index (χ0) is 9.47. The highest BCUT2D eigenvalue weighted by Crippen LogP contribution is 2.40. The standard InChI is InChI=1S/C10H20N2O/c1-12-4-2-8(3-5-12)10(11)6-9(13)7-10/h8-9,13H,2-7,11H2,1H3. The number of likely N-dealkylation sites (tertiary alicyclic amines) is 1. The number of nitrogens with zero attached hydrogens (tertiary/aromatic N) is 1. The maximum atomic E-state index is 9.28. The number of nitrogens with two attached hydrogens (primary N) is 1. The molecule has 0 aromatic rings. The number of hydrogen-bond donors (Lipinski definition) is 2. The summed E-state index contributed by atoms with van der Waals surface area (Å²) in [4.78, 5) is 2.36. The second kappa shape index (κ2) is 3.23. The summed E-state index contributed by atoms with van der Waals surface area (Å²) in [6, 6.07) is 0. The lowest BCUT2D eigenvalue weighted by Crippen LogP contribution is -2.61. The molecule has 0 spiro atoms. The van der Waals surface area contributed by atoms with Crippen LogP contribution in [0.5, 0.6) is 0 Å². The van der Waals surface area contributed by atoms with Gasteiger partial charge in [0.1, 0.15) is 0 Å². The lowest BCUT2D eigenvalue weighted by molar-refractivity contribution is -0.0231. The Morgan fingerprint density at radius 2 is 1.85 bits per heavy atom. The van der Waals surface area contributed by atoms with Gasteiger partial charge < -0.3 is 15.7 Å². The third-order valence-corrected chi connectivity index (χ3v) is 3.76. The van der Waals surface area contributed by atoms with Crippen LogP contribution in [0.1, 0.15) is 25.7 Å². The van der Waals surface area contributed by atoms with Crippen LogP contribution in [0, 0.1) is 5.92 Å². The lowest BCUT2D eigenvalue weighted by atomic mass is 9.64. The first-order valence-electron chi connectivity index (χ1n) is 5.26. The van der Waals surface area contributed by atoms with Gasteiger partial charge in [0.2, 0.25) is 0 Å². The first-order valence-corrected chi connectivity index (χ1v) is 5.26. The van der Waals surface area contributed by atoms with Crippen LogP contribution in [0.2, 0.25) is 0 Å². The minimum Gasteiger partial charge on any atom is -0.393 e. The Morgan fingerprint density at radius 1 is 1.31 bits per heavy atom. The van der Waals surface area contributed by atoms with Gasteiger partial charge in [-0.15, -0.1) is 0 Å². The predicted octanol–water partition coefficient (Wildman–Crippen LogP) is 0.180. The molecule has 0 amide bonds. The van der Waals surface area contributed by atoms with Gasteiger partial charge in [-0.1, -0.05) is 0 Å². The maximum Gasteiger partial charge on any atom is 0.0575 e. The van der Waals surface area contributed by atoms with Crippen molar-refractivity contribution >= 4 is 0 Å². The zero-order valence-electron chi connectivity index (χ0n) is 8.37. The molecule has 0 atom stereocenters. The van der Waals surface area contributed by atoms with Crippen molar-refractivity contribution in [2.75, 3.05) is 20.1 Å². The summed E-state index contributed by atoms with van der Waals surface area (Å²) in [5, 5.41) is 9.28. The fraction of sp³-hybridized carbons (Fsp3) is 1.00. The van der Waals surface area contributed by atoms with Crippen molar-refractivity contribution in [1.82, 2.24) is 4.90 Å². The Kier molecular flexibility index (Phi) is 2.34. The van der Waals surface area contributed by atoms with Crippen molar-refractivity contribution in [1.29, 1.82) is 0 Å². The Labute approximate surface area is 79.9 Å². The smallest absolute Gasteiger partial charge is 0.0575 e. The van der Waals surface area contributed by atoms with E-state index in [4.69, 9.17) is 5.73 Å². The maximum absolute atomic E-state index is 9.28. The van der Waals surface area contributed by atoms with Gasteiger partial charge >= 0.3 is 0 Å². The number of rotatable bonds is 1. The Balaban J connectivity index is 1.88. The largest absolute Gasteiger partial charge is 0.393 e. The normalized spacial score (nSPS) is 43.2. The fourth-order valence-corrected chi connectivity index (χ4v) is 2.73. The average Bonchev–Trinajstić information content (AvgIpc) is 2.03. The molecular formula is C10H20N2O. The topological polar surface area (TPSA) is 49.5 Å². The first kappa shape index (κ1) is 9.44. The Morgan fingerprint density at radius 3 is 2.31 bits per heavy atom. The van der Waals surface area contributed by atoms with Crippen molar-refractivity contribution in [3.63, 3.8) is 0 Å². The molecule has 1 aliphatic heterocycles. The summed E-state index contributed by atoms with van der Waals surface area (Å²) in [6.45, 7) is 2.33.